The number of hydrogen-bond acceptors (Lipinski definition) is 4. The zero-order valence-corrected chi connectivity index (χ0v) is 14.3. The van der Waals surface area contributed by atoms with Gasteiger partial charge in [0.2, 0.25) is 0 Å². The van der Waals surface area contributed by atoms with E-state index in [0.717, 1.165) is 12.1 Å². The second-order valence-corrected chi connectivity index (χ2v) is 5.96. The number of aromatic nitrogens is 3. The van der Waals surface area contributed by atoms with Crippen molar-refractivity contribution in [2.24, 2.45) is 0 Å². The normalized spacial score (nSPS) is 11.4. The molecule has 0 fully saturated rings. The largest absolute Gasteiger partial charge is 0.573 e. The fraction of sp³-hybridized carbons (Fsp3) is 0.0625. The summed E-state index contributed by atoms with van der Waals surface area (Å²) in [5.41, 5.74) is 0.239. The summed E-state index contributed by atoms with van der Waals surface area (Å²) in [6.45, 7) is 0. The summed E-state index contributed by atoms with van der Waals surface area (Å²) < 4.78 is 43.1. The number of carbonyl (C=O) groups is 1. The number of alkyl halides is 3. The van der Waals surface area contributed by atoms with Crippen molar-refractivity contribution in [3.05, 3.63) is 58.8 Å². The van der Waals surface area contributed by atoms with E-state index >= 15 is 0 Å². The summed E-state index contributed by atoms with van der Waals surface area (Å²) in [6, 6.07) is 9.98. The van der Waals surface area contributed by atoms with Gasteiger partial charge < -0.3 is 9.84 Å². The fourth-order valence-corrected chi connectivity index (χ4v) is 2.72. The number of carboxylic acids is 1. The molecular formula is C16H9BrF3N3O3. The molecule has 1 N–H and O–H groups in total. The molecule has 0 saturated heterocycles. The van der Waals surface area contributed by atoms with Crippen LogP contribution in [0.4, 0.5) is 13.2 Å². The molecule has 0 unspecified atom stereocenters. The van der Waals surface area contributed by atoms with Crippen LogP contribution in [-0.4, -0.2) is 32.2 Å². The molecule has 3 aromatic rings. The maximum atomic E-state index is 12.5. The molecule has 6 nitrogen and oxygen atoms in total. The lowest BCUT2D eigenvalue weighted by Gasteiger charge is -2.12. The summed E-state index contributed by atoms with van der Waals surface area (Å²) in [4.78, 5) is 15.4. The topological polar surface area (TPSA) is 77.2 Å². The third kappa shape index (κ3) is 4.02. The van der Waals surface area contributed by atoms with Crippen LogP contribution in [0, 0.1) is 0 Å². The first-order chi connectivity index (χ1) is 12.2. The van der Waals surface area contributed by atoms with E-state index in [-0.39, 0.29) is 17.0 Å². The van der Waals surface area contributed by atoms with Crippen LogP contribution in [0.15, 0.2) is 53.1 Å². The van der Waals surface area contributed by atoms with Gasteiger partial charge in [0, 0.05) is 16.2 Å². The summed E-state index contributed by atoms with van der Waals surface area (Å²) in [7, 11) is 0. The van der Waals surface area contributed by atoms with Crippen molar-refractivity contribution in [1.82, 2.24) is 14.8 Å². The Bertz CT molecular complexity index is 958. The van der Waals surface area contributed by atoms with Crippen molar-refractivity contribution in [2.45, 2.75) is 6.36 Å². The third-order valence-corrected chi connectivity index (χ3v) is 3.65. The minimum absolute atomic E-state index is 0.245. The lowest BCUT2D eigenvalue weighted by molar-refractivity contribution is -0.274. The Balaban J connectivity index is 2.16. The minimum Gasteiger partial charge on any atom is -0.476 e. The van der Waals surface area contributed by atoms with Gasteiger partial charge in [-0.1, -0.05) is 22.0 Å². The molecule has 0 aliphatic rings. The highest BCUT2D eigenvalue weighted by atomic mass is 79.9. The lowest BCUT2D eigenvalue weighted by atomic mass is 10.1. The molecule has 0 radical (unpaired) electrons. The van der Waals surface area contributed by atoms with E-state index in [1.54, 1.807) is 18.2 Å². The van der Waals surface area contributed by atoms with Gasteiger partial charge in [-0.05, 0) is 36.4 Å². The molecule has 1 aromatic carbocycles. The standard InChI is InChI=1S/C16H9BrF3N3O3/c17-10-5-9(6-11(7-10)26-16(18,19)20)13-8-12(15(24)25)22-23(13)14-3-1-2-4-21-14/h1-8H,(H,24,25). The van der Waals surface area contributed by atoms with Gasteiger partial charge in [-0.15, -0.1) is 13.2 Å². The number of carboxylic acid groups (broad SMARTS) is 1. The molecule has 0 atom stereocenters. The molecule has 0 spiro atoms. The minimum atomic E-state index is -4.86. The van der Waals surface area contributed by atoms with Crippen LogP contribution in [0.5, 0.6) is 5.75 Å². The van der Waals surface area contributed by atoms with Crippen molar-refractivity contribution in [1.29, 1.82) is 0 Å². The Labute approximate surface area is 153 Å². The predicted molar refractivity (Wildman–Crippen MR) is 88.1 cm³/mol. The van der Waals surface area contributed by atoms with E-state index in [0.29, 0.717) is 10.3 Å². The Hall–Kier alpha value is -2.88. The van der Waals surface area contributed by atoms with Gasteiger partial charge in [-0.2, -0.15) is 5.10 Å². The molecule has 26 heavy (non-hydrogen) atoms. The number of halogens is 4. The Morgan fingerprint density at radius 3 is 2.58 bits per heavy atom. The molecule has 2 aromatic heterocycles. The van der Waals surface area contributed by atoms with Crippen LogP contribution < -0.4 is 4.74 Å². The summed E-state index contributed by atoms with van der Waals surface area (Å²) >= 11 is 3.13. The average Bonchev–Trinajstić information content (AvgIpc) is 2.99. The molecule has 0 amide bonds. The highest BCUT2D eigenvalue weighted by molar-refractivity contribution is 9.10. The molecule has 2 heterocycles. The summed E-state index contributed by atoms with van der Waals surface area (Å²) in [5.74, 6) is -1.41. The maximum Gasteiger partial charge on any atom is 0.573 e. The van der Waals surface area contributed by atoms with E-state index in [9.17, 15) is 23.1 Å². The van der Waals surface area contributed by atoms with E-state index in [4.69, 9.17) is 0 Å². The number of rotatable bonds is 4. The Kier molecular flexibility index (Phi) is 4.68. The first-order valence-corrected chi connectivity index (χ1v) is 7.84. The van der Waals surface area contributed by atoms with Crippen LogP contribution in [0.25, 0.3) is 17.1 Å². The van der Waals surface area contributed by atoms with Crippen molar-refractivity contribution < 1.29 is 27.8 Å². The van der Waals surface area contributed by atoms with Crippen LogP contribution in [0.2, 0.25) is 0 Å². The Morgan fingerprint density at radius 2 is 1.96 bits per heavy atom. The number of ether oxygens (including phenoxy) is 1. The first-order valence-electron chi connectivity index (χ1n) is 7.04. The molecule has 0 saturated carbocycles. The van der Waals surface area contributed by atoms with Gasteiger partial charge in [0.25, 0.3) is 0 Å². The van der Waals surface area contributed by atoms with Crippen molar-refractivity contribution in [2.75, 3.05) is 0 Å². The Morgan fingerprint density at radius 1 is 1.19 bits per heavy atom. The molecule has 0 aliphatic heterocycles. The van der Waals surface area contributed by atoms with Crippen LogP contribution in [0.1, 0.15) is 10.5 Å². The van der Waals surface area contributed by atoms with Gasteiger partial charge in [-0.25, -0.2) is 14.5 Å². The monoisotopic (exact) mass is 427 g/mol. The molecular weight excluding hydrogens is 419 g/mol. The van der Waals surface area contributed by atoms with Gasteiger partial charge in [0.05, 0.1) is 5.69 Å². The number of hydrogen-bond donors (Lipinski definition) is 1. The quantitative estimate of drug-likeness (QED) is 0.671. The number of aromatic carboxylic acids is 1. The highest BCUT2D eigenvalue weighted by Crippen LogP contribution is 2.33. The molecule has 134 valence electrons. The zero-order chi connectivity index (χ0) is 18.9. The zero-order valence-electron chi connectivity index (χ0n) is 12.7. The number of nitrogens with zero attached hydrogens (tertiary/aromatic N) is 3. The average molecular weight is 428 g/mol. The smallest absolute Gasteiger partial charge is 0.476 e. The van der Waals surface area contributed by atoms with Crippen molar-refractivity contribution >= 4 is 21.9 Å². The third-order valence-electron chi connectivity index (χ3n) is 3.20. The van der Waals surface area contributed by atoms with E-state index in [1.807, 2.05) is 0 Å². The predicted octanol–water partition coefficient (Wildman–Crippen LogP) is 4.29. The summed E-state index contributed by atoms with van der Waals surface area (Å²) in [6.07, 6.45) is -3.37. The van der Waals surface area contributed by atoms with Crippen molar-refractivity contribution in [3.8, 4) is 22.8 Å². The number of pyridine rings is 1. The number of benzene rings is 1. The lowest BCUT2D eigenvalue weighted by Crippen LogP contribution is -2.17. The van der Waals surface area contributed by atoms with Crippen LogP contribution in [0.3, 0.4) is 0 Å². The fourth-order valence-electron chi connectivity index (χ4n) is 2.25. The molecule has 0 aliphatic carbocycles. The second-order valence-electron chi connectivity index (χ2n) is 5.04. The van der Waals surface area contributed by atoms with E-state index in [1.165, 1.54) is 23.0 Å². The van der Waals surface area contributed by atoms with E-state index in [2.05, 4.69) is 30.7 Å². The van der Waals surface area contributed by atoms with Crippen LogP contribution >= 0.6 is 15.9 Å². The summed E-state index contributed by atoms with van der Waals surface area (Å²) in [5, 5.41) is 13.2. The molecule has 10 heteroatoms. The molecule has 0 bridgehead atoms. The SMILES string of the molecule is O=C(O)c1cc(-c2cc(Br)cc(OC(F)(F)F)c2)n(-c2ccccn2)n1. The highest BCUT2D eigenvalue weighted by Gasteiger charge is 2.31. The van der Waals surface area contributed by atoms with Gasteiger partial charge >= 0.3 is 12.3 Å². The van der Waals surface area contributed by atoms with Crippen molar-refractivity contribution in [3.63, 3.8) is 0 Å². The first kappa shape index (κ1) is 17.9. The van der Waals surface area contributed by atoms with Gasteiger partial charge in [-0.3, -0.25) is 0 Å². The van der Waals surface area contributed by atoms with E-state index < -0.39 is 18.1 Å². The van der Waals surface area contributed by atoms with Crippen LogP contribution in [-0.2, 0) is 0 Å². The van der Waals surface area contributed by atoms with Gasteiger partial charge in [0.15, 0.2) is 11.5 Å². The molecule has 3 rings (SSSR count). The maximum absolute atomic E-state index is 12.5. The second kappa shape index (κ2) is 6.79. The van der Waals surface area contributed by atoms with Gasteiger partial charge in [0.1, 0.15) is 5.75 Å².